The minimum absolute atomic E-state index is 0.0345. The Morgan fingerprint density at radius 3 is 2.56 bits per heavy atom. The van der Waals surface area contributed by atoms with Gasteiger partial charge in [-0.1, -0.05) is 51.5 Å². The predicted molar refractivity (Wildman–Crippen MR) is 153 cm³/mol. The first-order valence-electron chi connectivity index (χ1n) is 13.1. The summed E-state index contributed by atoms with van der Waals surface area (Å²) in [7, 11) is 1.50. The summed E-state index contributed by atoms with van der Waals surface area (Å²) in [5.74, 6) is 0.287. The van der Waals surface area contributed by atoms with Crippen molar-refractivity contribution < 1.29 is 14.3 Å². The molecule has 206 valence electrons. The number of benzene rings is 1. The molecule has 2 amide bonds. The second-order valence-electron chi connectivity index (χ2n) is 9.10. The standard InChI is InChI=1S/C27H34N8O3S/c1-3-4-5-6-7-8-9-10-25(36)29-19-14-24(39-17-19)22-16-28-15-21(30-22)18-11-12-20(23(13-18)38-2)26(37)31-27-32-34-35-33-27/h11-17,34-35H,3-10H2,1-2H3,(H,29,36)(H2,31,32,33,37). The Bertz CT molecular complexity index is 1310. The van der Waals surface area contributed by atoms with E-state index in [1.165, 1.54) is 50.6 Å². The Morgan fingerprint density at radius 2 is 1.79 bits per heavy atom. The summed E-state index contributed by atoms with van der Waals surface area (Å²) >= 11 is 1.49. The van der Waals surface area contributed by atoms with Gasteiger partial charge in [-0.3, -0.25) is 25.3 Å². The van der Waals surface area contributed by atoms with E-state index in [9.17, 15) is 9.59 Å². The molecule has 1 aliphatic heterocycles. The highest BCUT2D eigenvalue weighted by molar-refractivity contribution is 7.14. The van der Waals surface area contributed by atoms with E-state index >= 15 is 0 Å². The second kappa shape index (κ2) is 14.2. The number of hydrazine groups is 2. The summed E-state index contributed by atoms with van der Waals surface area (Å²) in [6.45, 7) is 2.21. The molecule has 3 aromatic rings. The van der Waals surface area contributed by atoms with Crippen molar-refractivity contribution in [2.75, 3.05) is 12.4 Å². The largest absolute Gasteiger partial charge is 0.496 e. The van der Waals surface area contributed by atoms with Crippen molar-refractivity contribution in [3.05, 3.63) is 47.6 Å². The van der Waals surface area contributed by atoms with Gasteiger partial charge >= 0.3 is 0 Å². The minimum Gasteiger partial charge on any atom is -0.496 e. The van der Waals surface area contributed by atoms with Crippen molar-refractivity contribution in [3.8, 4) is 27.6 Å². The molecule has 0 atom stereocenters. The van der Waals surface area contributed by atoms with Crippen LogP contribution < -0.4 is 31.9 Å². The highest BCUT2D eigenvalue weighted by Gasteiger charge is 2.17. The summed E-state index contributed by atoms with van der Waals surface area (Å²) in [6, 6.07) is 7.11. The number of nitrogens with zero attached hydrogens (tertiary/aromatic N) is 3. The van der Waals surface area contributed by atoms with Crippen molar-refractivity contribution >= 4 is 34.8 Å². The Balaban J connectivity index is 1.36. The van der Waals surface area contributed by atoms with Gasteiger partial charge in [0, 0.05) is 17.4 Å². The van der Waals surface area contributed by atoms with Crippen molar-refractivity contribution in [1.82, 2.24) is 31.8 Å². The number of guanidine groups is 1. The van der Waals surface area contributed by atoms with Crippen molar-refractivity contribution in [2.45, 2.75) is 58.3 Å². The number of hydrogen-bond acceptors (Lipinski definition) is 10. The fourth-order valence-electron chi connectivity index (χ4n) is 4.10. The van der Waals surface area contributed by atoms with Crippen LogP contribution in [0.15, 0.2) is 47.1 Å². The first-order chi connectivity index (χ1) is 19.1. The topological polar surface area (TPSA) is 142 Å². The minimum atomic E-state index is -0.380. The fraction of sp³-hybridized carbons (Fsp3) is 0.370. The van der Waals surface area contributed by atoms with Crippen molar-refractivity contribution in [2.24, 2.45) is 5.10 Å². The van der Waals surface area contributed by atoms with Crippen LogP contribution in [0.2, 0.25) is 0 Å². The smallest absolute Gasteiger partial charge is 0.261 e. The summed E-state index contributed by atoms with van der Waals surface area (Å²) in [5.41, 5.74) is 10.9. The van der Waals surface area contributed by atoms with Crippen LogP contribution in [0.4, 0.5) is 5.69 Å². The van der Waals surface area contributed by atoms with E-state index in [0.717, 1.165) is 29.0 Å². The van der Waals surface area contributed by atoms with E-state index in [1.807, 2.05) is 11.4 Å². The summed E-state index contributed by atoms with van der Waals surface area (Å²) in [5, 5.41) is 11.4. The number of amides is 2. The first-order valence-corrected chi connectivity index (χ1v) is 14.0. The molecule has 0 saturated carbocycles. The lowest BCUT2D eigenvalue weighted by molar-refractivity contribution is -0.116. The molecule has 11 nitrogen and oxygen atoms in total. The maximum atomic E-state index is 12.6. The molecule has 12 heteroatoms. The number of hydrogen-bond donors (Lipinski definition) is 5. The van der Waals surface area contributed by atoms with Crippen LogP contribution in [-0.4, -0.2) is 34.9 Å². The molecular formula is C27H34N8O3S. The second-order valence-corrected chi connectivity index (χ2v) is 10.0. The number of unbranched alkanes of at least 4 members (excludes halogenated alkanes) is 6. The number of ether oxygens (including phenoxy) is 1. The molecule has 0 aliphatic carbocycles. The summed E-state index contributed by atoms with van der Waals surface area (Å²) in [6.07, 6.45) is 12.1. The Kier molecular flexibility index (Phi) is 10.2. The molecule has 0 bridgehead atoms. The summed E-state index contributed by atoms with van der Waals surface area (Å²) in [4.78, 5) is 35.0. The van der Waals surface area contributed by atoms with Gasteiger partial charge in [0.1, 0.15) is 5.75 Å². The predicted octanol–water partition coefficient (Wildman–Crippen LogP) is 4.57. The molecule has 4 rings (SSSR count). The SMILES string of the molecule is CCCCCCCCCC(=O)Nc1csc(-c2cncc(-c3ccc(C(=O)NC4=NNNN4)c(OC)c3)n2)c1. The van der Waals surface area contributed by atoms with E-state index in [2.05, 4.69) is 44.1 Å². The maximum absolute atomic E-state index is 12.6. The number of thiophene rings is 1. The number of hydrazone groups is 1. The summed E-state index contributed by atoms with van der Waals surface area (Å²) < 4.78 is 5.47. The quantitative estimate of drug-likeness (QED) is 0.195. The molecule has 39 heavy (non-hydrogen) atoms. The van der Waals surface area contributed by atoms with Gasteiger partial charge in [-0.05, 0) is 24.6 Å². The van der Waals surface area contributed by atoms with Crippen molar-refractivity contribution in [3.63, 3.8) is 0 Å². The van der Waals surface area contributed by atoms with Gasteiger partial charge in [-0.25, -0.2) is 10.5 Å². The third-order valence-corrected chi connectivity index (χ3v) is 7.11. The van der Waals surface area contributed by atoms with Gasteiger partial charge < -0.3 is 10.1 Å². The first kappa shape index (κ1) is 28.0. The van der Waals surface area contributed by atoms with E-state index in [0.29, 0.717) is 29.1 Å². The van der Waals surface area contributed by atoms with E-state index in [-0.39, 0.29) is 17.8 Å². The third-order valence-electron chi connectivity index (χ3n) is 6.16. The highest BCUT2D eigenvalue weighted by atomic mass is 32.1. The van der Waals surface area contributed by atoms with E-state index < -0.39 is 0 Å². The molecule has 0 unspecified atom stereocenters. The van der Waals surface area contributed by atoms with Crippen molar-refractivity contribution in [1.29, 1.82) is 0 Å². The van der Waals surface area contributed by atoms with E-state index in [1.54, 1.807) is 30.6 Å². The van der Waals surface area contributed by atoms with Gasteiger partial charge in [-0.2, -0.15) is 0 Å². The molecule has 0 radical (unpaired) electrons. The average molecular weight is 551 g/mol. The number of carbonyl (C=O) groups is 2. The van der Waals surface area contributed by atoms with Crippen LogP contribution in [0.1, 0.15) is 68.6 Å². The molecule has 3 heterocycles. The Labute approximate surface area is 231 Å². The van der Waals surface area contributed by atoms with Crippen LogP contribution >= 0.6 is 11.3 Å². The lowest BCUT2D eigenvalue weighted by Gasteiger charge is -2.11. The molecule has 5 N–H and O–H groups in total. The van der Waals surface area contributed by atoms with Crippen LogP contribution in [0.5, 0.6) is 5.75 Å². The number of carbonyl (C=O) groups excluding carboxylic acids is 2. The van der Waals surface area contributed by atoms with Gasteiger partial charge in [0.2, 0.25) is 11.9 Å². The third kappa shape index (κ3) is 7.98. The molecule has 0 saturated heterocycles. The molecule has 0 spiro atoms. The monoisotopic (exact) mass is 550 g/mol. The Hall–Kier alpha value is -4.03. The maximum Gasteiger partial charge on any atom is 0.261 e. The number of rotatable bonds is 13. The van der Waals surface area contributed by atoms with Gasteiger partial charge in [0.05, 0.1) is 47.0 Å². The van der Waals surface area contributed by atoms with E-state index in [4.69, 9.17) is 9.72 Å². The molecule has 1 aliphatic rings. The molecule has 2 aromatic heterocycles. The Morgan fingerprint density at radius 1 is 1.00 bits per heavy atom. The number of nitrogens with one attached hydrogen (secondary N) is 5. The highest BCUT2D eigenvalue weighted by Crippen LogP contribution is 2.31. The van der Waals surface area contributed by atoms with Gasteiger partial charge in [0.25, 0.3) is 5.91 Å². The number of anilines is 1. The number of aromatic nitrogens is 2. The molecular weight excluding hydrogens is 516 g/mol. The van der Waals surface area contributed by atoms with Crippen LogP contribution in [0, 0.1) is 0 Å². The lowest BCUT2D eigenvalue weighted by Crippen LogP contribution is -2.43. The average Bonchev–Trinajstić information content (AvgIpc) is 3.64. The van der Waals surface area contributed by atoms with Crippen LogP contribution in [0.3, 0.4) is 0 Å². The van der Waals surface area contributed by atoms with Crippen LogP contribution in [0.25, 0.3) is 21.8 Å². The fourth-order valence-corrected chi connectivity index (χ4v) is 4.89. The number of methoxy groups -OCH3 is 1. The van der Waals surface area contributed by atoms with Gasteiger partial charge in [-0.15, -0.1) is 22.0 Å². The molecule has 1 aromatic carbocycles. The van der Waals surface area contributed by atoms with Gasteiger partial charge in [0.15, 0.2) is 0 Å². The normalized spacial score (nSPS) is 12.3. The zero-order valence-corrected chi connectivity index (χ0v) is 23.0. The lowest BCUT2D eigenvalue weighted by atomic mass is 10.1. The zero-order chi connectivity index (χ0) is 27.5. The zero-order valence-electron chi connectivity index (χ0n) is 22.2. The van der Waals surface area contributed by atoms with Crippen LogP contribution in [-0.2, 0) is 4.79 Å². The molecule has 0 fully saturated rings.